The lowest BCUT2D eigenvalue weighted by molar-refractivity contribution is 0.791. The number of aromatic nitrogens is 4. The van der Waals surface area contributed by atoms with Crippen molar-refractivity contribution in [3.63, 3.8) is 0 Å². The lowest BCUT2D eigenvalue weighted by Gasteiger charge is -2.03. The molecule has 0 unspecified atom stereocenters. The van der Waals surface area contributed by atoms with Crippen LogP contribution in [-0.2, 0) is 19.3 Å². The van der Waals surface area contributed by atoms with Crippen LogP contribution >= 0.6 is 67.9 Å². The molecule has 9 rings (SSSR count). The first kappa shape index (κ1) is 44.3. The number of benzene rings is 5. The summed E-state index contributed by atoms with van der Waals surface area (Å²) in [6.45, 7) is 2.35. The van der Waals surface area contributed by atoms with Crippen molar-refractivity contribution in [3.8, 4) is 64.8 Å². The summed E-state index contributed by atoms with van der Waals surface area (Å²) >= 11 is 8.98. The van der Waals surface area contributed by atoms with Crippen molar-refractivity contribution in [1.82, 2.24) is 25.3 Å². The van der Waals surface area contributed by atoms with Crippen LogP contribution in [0.25, 0.3) is 64.8 Å². The molecule has 61 heavy (non-hydrogen) atoms. The molecule has 0 saturated heterocycles. The van der Waals surface area contributed by atoms with E-state index in [1.165, 1.54) is 20.3 Å². The van der Waals surface area contributed by atoms with Gasteiger partial charge in [-0.25, -0.2) is 19.9 Å². The van der Waals surface area contributed by atoms with Gasteiger partial charge in [-0.15, -0.1) is 45.3 Å². The summed E-state index contributed by atoms with van der Waals surface area (Å²) in [5.74, 6) is 0. The number of nitrogens with zero attached hydrogens (tertiary/aromatic N) is 4. The Hall–Kier alpha value is -4.77. The van der Waals surface area contributed by atoms with Crippen LogP contribution in [0.1, 0.15) is 16.7 Å². The third-order valence-corrected chi connectivity index (χ3v) is 13.5. The minimum Gasteiger partial charge on any atom is -0.330 e. The Morgan fingerprint density at radius 2 is 0.918 bits per heavy atom. The Kier molecular flexibility index (Phi) is 16.6. The van der Waals surface area contributed by atoms with E-state index < -0.39 is 0 Å². The smallest absolute Gasteiger partial charge is 0.124 e. The maximum Gasteiger partial charge on any atom is 0.124 e. The Morgan fingerprint density at radius 1 is 0.492 bits per heavy atom. The van der Waals surface area contributed by atoms with Crippen LogP contribution in [-0.4, -0.2) is 46.6 Å². The minimum atomic E-state index is 0.649. The van der Waals surface area contributed by atoms with Crippen LogP contribution in [0.4, 0.5) is 0 Å². The van der Waals surface area contributed by atoms with Crippen molar-refractivity contribution < 1.29 is 0 Å². The quantitative estimate of drug-likeness (QED) is 0.0986. The number of likely N-dealkylation sites (N-methyl/N-ethyl adjacent to an activating group) is 1. The number of rotatable bonds is 13. The van der Waals surface area contributed by atoms with E-state index >= 15 is 0 Å². The molecule has 0 radical (unpaired) electrons. The number of hydrogen-bond donors (Lipinski definition) is 3. The van der Waals surface area contributed by atoms with Crippen molar-refractivity contribution >= 4 is 67.9 Å². The van der Waals surface area contributed by atoms with Crippen molar-refractivity contribution in [3.05, 3.63) is 176 Å². The van der Waals surface area contributed by atoms with E-state index in [2.05, 4.69) is 164 Å². The summed E-state index contributed by atoms with van der Waals surface area (Å²) in [5, 5.41) is 15.5. The number of nitrogens with one attached hydrogen (secondary N) is 1. The van der Waals surface area contributed by atoms with Gasteiger partial charge in [-0.1, -0.05) is 84.9 Å². The van der Waals surface area contributed by atoms with Gasteiger partial charge < -0.3 is 16.8 Å². The van der Waals surface area contributed by atoms with Gasteiger partial charge in [0.25, 0.3) is 0 Å². The summed E-state index contributed by atoms with van der Waals surface area (Å²) in [6.07, 6.45) is 6.53. The second kappa shape index (κ2) is 22.9. The summed E-state index contributed by atoms with van der Waals surface area (Å²) in [5.41, 5.74) is 24.1. The molecule has 308 valence electrons. The molecule has 5 aromatic carbocycles. The maximum atomic E-state index is 5.72. The standard InChI is InChI=1S/C28H26N4S2.C12H8N2S2.C9H12IN/c29-12-10-19-4-1-6-21(14-19)25-17-33-27(31-25)23-8-3-9-24(16-23)28-32-26(18-34-28)22-7-2-5-20(15-22)11-13-30;1-2-9(11-13-4-6-15-11)8-10(3-1)12-14-5-7-16-12;1-11-6-5-8-3-2-4-9(10)7-8/h1-9,14-18H,10-13,29-30H2;1-8H;2-4,7,11H,5-6H2,1H3. The molecule has 4 heterocycles. The molecular formula is C49H46IN7S4. The summed E-state index contributed by atoms with van der Waals surface area (Å²) < 4.78 is 1.32. The first-order valence-corrected chi connectivity index (χ1v) is 24.5. The zero-order valence-electron chi connectivity index (χ0n) is 33.7. The number of hydrogen-bond acceptors (Lipinski definition) is 11. The molecule has 0 amide bonds. The largest absolute Gasteiger partial charge is 0.330 e. The molecule has 0 atom stereocenters. The van der Waals surface area contributed by atoms with E-state index in [4.69, 9.17) is 21.4 Å². The van der Waals surface area contributed by atoms with Crippen molar-refractivity contribution in [2.45, 2.75) is 19.3 Å². The molecule has 5 N–H and O–H groups in total. The summed E-state index contributed by atoms with van der Waals surface area (Å²) in [6, 6.07) is 42.4. The first-order valence-electron chi connectivity index (χ1n) is 19.9. The Morgan fingerprint density at radius 3 is 1.34 bits per heavy atom. The fourth-order valence-corrected chi connectivity index (χ4v) is 9.98. The van der Waals surface area contributed by atoms with E-state index in [-0.39, 0.29) is 0 Å². The van der Waals surface area contributed by atoms with Crippen molar-refractivity contribution in [2.24, 2.45) is 11.5 Å². The van der Waals surface area contributed by atoms with Gasteiger partial charge in [0.15, 0.2) is 0 Å². The Balaban J connectivity index is 0.000000170. The SMILES string of the molecule is CNCCc1cccc(I)c1.NCCc1cccc(-c2csc(-c3cccc(-c4nc(-c5cccc(CCN)c5)cs4)c3)n2)c1.c1cc(-c2nccs2)cc(-c2nccs2)c1. The fourth-order valence-electron chi connectivity index (χ4n) is 6.45. The fraction of sp³-hybridized carbons (Fsp3) is 0.143. The lowest BCUT2D eigenvalue weighted by atomic mass is 10.1. The van der Waals surface area contributed by atoms with Crippen LogP contribution in [0.2, 0.25) is 0 Å². The third-order valence-electron chi connectivity index (χ3n) is 9.45. The van der Waals surface area contributed by atoms with Gasteiger partial charge in [0.1, 0.15) is 20.0 Å². The van der Waals surface area contributed by atoms with E-state index in [0.717, 1.165) is 90.6 Å². The predicted octanol–water partition coefficient (Wildman–Crippen LogP) is 12.3. The number of thiazole rings is 4. The van der Waals surface area contributed by atoms with Crippen LogP contribution < -0.4 is 16.8 Å². The average Bonchev–Trinajstić information content (AvgIpc) is 4.16. The van der Waals surface area contributed by atoms with E-state index in [9.17, 15) is 0 Å². The van der Waals surface area contributed by atoms with Crippen LogP contribution in [0.5, 0.6) is 0 Å². The van der Waals surface area contributed by atoms with Gasteiger partial charge in [-0.3, -0.25) is 0 Å². The normalized spacial score (nSPS) is 10.8. The molecule has 7 nitrogen and oxygen atoms in total. The van der Waals surface area contributed by atoms with E-state index in [0.29, 0.717) is 13.1 Å². The molecule has 0 aliphatic rings. The van der Waals surface area contributed by atoms with Crippen LogP contribution in [0.3, 0.4) is 0 Å². The molecule has 9 aromatic rings. The number of nitrogens with two attached hydrogens (primary N) is 2. The molecule has 0 bridgehead atoms. The predicted molar refractivity (Wildman–Crippen MR) is 270 cm³/mol. The van der Waals surface area contributed by atoms with Gasteiger partial charge in [0, 0.05) is 70.9 Å². The molecule has 0 saturated carbocycles. The highest BCUT2D eigenvalue weighted by atomic mass is 127. The Bertz CT molecular complexity index is 2560. The first-order chi connectivity index (χ1) is 30.0. The molecular weight excluding hydrogens is 942 g/mol. The van der Waals surface area contributed by atoms with Gasteiger partial charge in [-0.2, -0.15) is 0 Å². The average molecular weight is 988 g/mol. The molecule has 12 heteroatoms. The van der Waals surface area contributed by atoms with Crippen LogP contribution in [0.15, 0.2) is 155 Å². The van der Waals surface area contributed by atoms with Gasteiger partial charge >= 0.3 is 0 Å². The molecule has 4 aromatic heterocycles. The zero-order chi connectivity index (χ0) is 42.2. The summed E-state index contributed by atoms with van der Waals surface area (Å²) in [4.78, 5) is 18.5. The molecule has 0 aliphatic carbocycles. The van der Waals surface area contributed by atoms with Crippen molar-refractivity contribution in [1.29, 1.82) is 0 Å². The third kappa shape index (κ3) is 12.6. The molecule has 0 spiro atoms. The van der Waals surface area contributed by atoms with Gasteiger partial charge in [0.2, 0.25) is 0 Å². The molecule has 0 fully saturated rings. The topological polar surface area (TPSA) is 116 Å². The van der Waals surface area contributed by atoms with Gasteiger partial charge in [0.05, 0.1) is 11.4 Å². The van der Waals surface area contributed by atoms with Gasteiger partial charge in [-0.05, 0) is 122 Å². The van der Waals surface area contributed by atoms with E-state index in [1.807, 2.05) is 36.3 Å². The van der Waals surface area contributed by atoms with Crippen LogP contribution in [0, 0.1) is 3.57 Å². The highest BCUT2D eigenvalue weighted by molar-refractivity contribution is 14.1. The second-order valence-electron chi connectivity index (χ2n) is 13.9. The minimum absolute atomic E-state index is 0.649. The highest BCUT2D eigenvalue weighted by Crippen LogP contribution is 2.34. The highest BCUT2D eigenvalue weighted by Gasteiger charge is 2.12. The number of halogens is 1. The Labute approximate surface area is 387 Å². The zero-order valence-corrected chi connectivity index (χ0v) is 39.1. The molecule has 0 aliphatic heterocycles. The monoisotopic (exact) mass is 987 g/mol. The second-order valence-corrected chi connectivity index (χ2v) is 18.6. The maximum absolute atomic E-state index is 5.72. The summed E-state index contributed by atoms with van der Waals surface area (Å²) in [7, 11) is 1.98. The lowest BCUT2D eigenvalue weighted by Crippen LogP contribution is -2.10. The van der Waals surface area contributed by atoms with Crippen molar-refractivity contribution in [2.75, 3.05) is 26.7 Å². The van der Waals surface area contributed by atoms with E-state index in [1.54, 1.807) is 45.3 Å².